The maximum Gasteiger partial charge on any atom is 0.227 e. The number of hydrogen-bond donors (Lipinski definition) is 0. The van der Waals surface area contributed by atoms with Gasteiger partial charge in [-0.2, -0.15) is 0 Å². The molecular formula is C17H25FN2O3. The summed E-state index contributed by atoms with van der Waals surface area (Å²) in [5.41, 5.74) is 0.718. The molecule has 1 aromatic carbocycles. The lowest BCUT2D eigenvalue weighted by atomic mass is 10.1. The standard InChI is InChI=1S/C17H25FN2O3/c1-22-17(23-2)13-19-7-4-8-20(10-9-19)16(21)12-14-5-3-6-15(18)11-14/h3,5-6,11,17H,4,7-10,12-13H2,1-2H3. The number of nitrogens with zero attached hydrogens (tertiary/aromatic N) is 2. The van der Waals surface area contributed by atoms with Gasteiger partial charge in [0.05, 0.1) is 6.42 Å². The Morgan fingerprint density at radius 1 is 1.22 bits per heavy atom. The minimum Gasteiger partial charge on any atom is -0.355 e. The second-order valence-corrected chi connectivity index (χ2v) is 5.74. The number of rotatable bonds is 6. The van der Waals surface area contributed by atoms with Crippen LogP contribution in [0.15, 0.2) is 24.3 Å². The first kappa shape index (κ1) is 17.8. The van der Waals surface area contributed by atoms with E-state index in [-0.39, 0.29) is 24.4 Å². The van der Waals surface area contributed by atoms with Crippen molar-refractivity contribution < 1.29 is 18.7 Å². The normalized spacial score (nSPS) is 16.6. The van der Waals surface area contributed by atoms with Crippen LogP contribution in [-0.2, 0) is 20.7 Å². The molecule has 1 aromatic rings. The van der Waals surface area contributed by atoms with Gasteiger partial charge in [-0.05, 0) is 24.1 Å². The summed E-state index contributed by atoms with van der Waals surface area (Å²) in [7, 11) is 3.25. The van der Waals surface area contributed by atoms with E-state index in [1.54, 1.807) is 26.4 Å². The van der Waals surface area contributed by atoms with Crippen LogP contribution in [-0.4, -0.2) is 68.9 Å². The molecule has 5 nitrogen and oxygen atoms in total. The first-order valence-electron chi connectivity index (χ1n) is 7.92. The third-order valence-electron chi connectivity index (χ3n) is 4.12. The van der Waals surface area contributed by atoms with Gasteiger partial charge in [-0.1, -0.05) is 12.1 Å². The molecule has 0 aromatic heterocycles. The van der Waals surface area contributed by atoms with Crippen molar-refractivity contribution in [3.05, 3.63) is 35.6 Å². The minimum atomic E-state index is -0.303. The monoisotopic (exact) mass is 324 g/mol. The van der Waals surface area contributed by atoms with E-state index in [1.165, 1.54) is 12.1 Å². The summed E-state index contributed by atoms with van der Waals surface area (Å²) in [6.45, 7) is 3.80. The van der Waals surface area contributed by atoms with E-state index in [0.29, 0.717) is 13.1 Å². The molecule has 1 fully saturated rings. The highest BCUT2D eigenvalue weighted by Crippen LogP contribution is 2.10. The molecule has 1 saturated heterocycles. The first-order chi connectivity index (χ1) is 11.1. The molecule has 0 unspecified atom stereocenters. The maximum atomic E-state index is 13.2. The minimum absolute atomic E-state index is 0.0486. The molecule has 0 N–H and O–H groups in total. The molecule has 1 aliphatic heterocycles. The SMILES string of the molecule is COC(CN1CCCN(C(=O)Cc2cccc(F)c2)CC1)OC. The van der Waals surface area contributed by atoms with Gasteiger partial charge in [0.15, 0.2) is 6.29 Å². The van der Waals surface area contributed by atoms with Crippen molar-refractivity contribution in [3.63, 3.8) is 0 Å². The van der Waals surface area contributed by atoms with E-state index < -0.39 is 0 Å². The number of benzene rings is 1. The van der Waals surface area contributed by atoms with Crippen LogP contribution < -0.4 is 0 Å². The van der Waals surface area contributed by atoms with Crippen LogP contribution in [0, 0.1) is 5.82 Å². The van der Waals surface area contributed by atoms with Crippen molar-refractivity contribution >= 4 is 5.91 Å². The van der Waals surface area contributed by atoms with Crippen LogP contribution in [0.3, 0.4) is 0 Å². The summed E-state index contributed by atoms with van der Waals surface area (Å²) in [5.74, 6) is -0.255. The predicted octanol–water partition coefficient (Wildman–Crippen LogP) is 1.52. The zero-order chi connectivity index (χ0) is 16.7. The summed E-state index contributed by atoms with van der Waals surface area (Å²) >= 11 is 0. The van der Waals surface area contributed by atoms with Crippen molar-refractivity contribution in [2.75, 3.05) is 46.9 Å². The topological polar surface area (TPSA) is 42.0 Å². The van der Waals surface area contributed by atoms with Crippen molar-refractivity contribution in [2.24, 2.45) is 0 Å². The third-order valence-corrected chi connectivity index (χ3v) is 4.12. The maximum absolute atomic E-state index is 13.2. The molecule has 1 heterocycles. The molecule has 2 rings (SSSR count). The molecule has 128 valence electrons. The van der Waals surface area contributed by atoms with Gasteiger partial charge in [0.1, 0.15) is 5.82 Å². The lowest BCUT2D eigenvalue weighted by Crippen LogP contribution is -2.39. The molecule has 0 saturated carbocycles. The van der Waals surface area contributed by atoms with Gasteiger partial charge in [0.25, 0.3) is 0 Å². The van der Waals surface area contributed by atoms with Crippen LogP contribution in [0.5, 0.6) is 0 Å². The summed E-state index contributed by atoms with van der Waals surface area (Å²) in [4.78, 5) is 16.5. The average molecular weight is 324 g/mol. The fourth-order valence-electron chi connectivity index (χ4n) is 2.79. The Hall–Kier alpha value is -1.50. The summed E-state index contributed by atoms with van der Waals surface area (Å²) < 4.78 is 23.7. The molecule has 0 spiro atoms. The molecule has 23 heavy (non-hydrogen) atoms. The van der Waals surface area contributed by atoms with Crippen molar-refractivity contribution in [1.29, 1.82) is 0 Å². The van der Waals surface area contributed by atoms with Crippen LogP contribution >= 0.6 is 0 Å². The van der Waals surface area contributed by atoms with Gasteiger partial charge >= 0.3 is 0 Å². The van der Waals surface area contributed by atoms with E-state index in [0.717, 1.165) is 31.6 Å². The van der Waals surface area contributed by atoms with Gasteiger partial charge in [0.2, 0.25) is 5.91 Å². The van der Waals surface area contributed by atoms with Crippen LogP contribution in [0.25, 0.3) is 0 Å². The lowest BCUT2D eigenvalue weighted by Gasteiger charge is -2.25. The molecule has 0 bridgehead atoms. The van der Waals surface area contributed by atoms with Crippen molar-refractivity contribution in [2.45, 2.75) is 19.1 Å². The highest BCUT2D eigenvalue weighted by molar-refractivity contribution is 5.78. The smallest absolute Gasteiger partial charge is 0.227 e. The number of carbonyl (C=O) groups is 1. The van der Waals surface area contributed by atoms with Gasteiger partial charge in [-0.25, -0.2) is 4.39 Å². The molecule has 1 amide bonds. The summed E-state index contributed by atoms with van der Waals surface area (Å²) in [5, 5.41) is 0. The van der Waals surface area contributed by atoms with Gasteiger partial charge < -0.3 is 14.4 Å². The molecule has 0 aliphatic carbocycles. The molecule has 0 radical (unpaired) electrons. The first-order valence-corrected chi connectivity index (χ1v) is 7.92. The number of amides is 1. The van der Waals surface area contributed by atoms with Crippen molar-refractivity contribution in [3.8, 4) is 0 Å². The Labute approximate surface area is 137 Å². The zero-order valence-electron chi connectivity index (χ0n) is 13.8. The molecule has 6 heteroatoms. The van der Waals surface area contributed by atoms with E-state index >= 15 is 0 Å². The molecule has 1 aliphatic rings. The zero-order valence-corrected chi connectivity index (χ0v) is 13.8. The van der Waals surface area contributed by atoms with Crippen LogP contribution in [0.2, 0.25) is 0 Å². The van der Waals surface area contributed by atoms with E-state index in [2.05, 4.69) is 4.90 Å². The fraction of sp³-hybridized carbons (Fsp3) is 0.588. The largest absolute Gasteiger partial charge is 0.355 e. The summed E-state index contributed by atoms with van der Waals surface area (Å²) in [6, 6.07) is 6.23. The van der Waals surface area contributed by atoms with Gasteiger partial charge in [-0.3, -0.25) is 9.69 Å². The second kappa shape index (κ2) is 8.96. The quantitative estimate of drug-likeness (QED) is 0.744. The Morgan fingerprint density at radius 3 is 2.70 bits per heavy atom. The van der Waals surface area contributed by atoms with E-state index in [1.807, 2.05) is 4.90 Å². The number of ether oxygens (including phenoxy) is 2. The van der Waals surface area contributed by atoms with E-state index in [4.69, 9.17) is 9.47 Å². The van der Waals surface area contributed by atoms with E-state index in [9.17, 15) is 9.18 Å². The van der Waals surface area contributed by atoms with Crippen molar-refractivity contribution in [1.82, 2.24) is 9.80 Å². The van der Waals surface area contributed by atoms with Crippen LogP contribution in [0.4, 0.5) is 4.39 Å². The lowest BCUT2D eigenvalue weighted by molar-refractivity contribution is -0.130. The molecule has 0 atom stereocenters. The Bertz CT molecular complexity index is 508. The predicted molar refractivity (Wildman–Crippen MR) is 85.5 cm³/mol. The number of hydrogen-bond acceptors (Lipinski definition) is 4. The fourth-order valence-corrected chi connectivity index (χ4v) is 2.79. The number of carbonyl (C=O) groups excluding carboxylic acids is 1. The number of halogens is 1. The third kappa shape index (κ3) is 5.57. The molecular weight excluding hydrogens is 299 g/mol. The summed E-state index contributed by atoms with van der Waals surface area (Å²) in [6.07, 6.45) is 0.913. The number of methoxy groups -OCH3 is 2. The Morgan fingerprint density at radius 2 is 2.00 bits per heavy atom. The second-order valence-electron chi connectivity index (χ2n) is 5.74. The average Bonchev–Trinajstić information content (AvgIpc) is 2.78. The highest BCUT2D eigenvalue weighted by Gasteiger charge is 2.21. The Kier molecular flexibility index (Phi) is 6.95. The Balaban J connectivity index is 1.86. The van der Waals surface area contributed by atoms with Crippen LogP contribution in [0.1, 0.15) is 12.0 Å². The van der Waals surface area contributed by atoms with Gasteiger partial charge in [0, 0.05) is 46.9 Å². The highest BCUT2D eigenvalue weighted by atomic mass is 19.1. The van der Waals surface area contributed by atoms with Gasteiger partial charge in [-0.15, -0.1) is 0 Å².